The lowest BCUT2D eigenvalue weighted by molar-refractivity contribution is 0.0471. The quantitative estimate of drug-likeness (QED) is 0.830. The normalized spacial score (nSPS) is 18.4. The number of hydrogen-bond donors (Lipinski definition) is 0. The molecule has 1 fully saturated rings. The van der Waals surface area contributed by atoms with Gasteiger partial charge in [-0.05, 0) is 31.4 Å². The summed E-state index contributed by atoms with van der Waals surface area (Å²) in [5.74, 6) is 1.34. The van der Waals surface area contributed by atoms with E-state index in [0.717, 1.165) is 43.1 Å². The Morgan fingerprint density at radius 1 is 1.11 bits per heavy atom. The van der Waals surface area contributed by atoms with Crippen molar-refractivity contribution in [3.05, 3.63) is 35.7 Å². The molecule has 4 nitrogen and oxygen atoms in total. The highest BCUT2D eigenvalue weighted by Gasteiger charge is 2.34. The first-order chi connectivity index (χ1) is 9.19. The van der Waals surface area contributed by atoms with Crippen molar-refractivity contribution in [1.82, 2.24) is 10.2 Å². The van der Waals surface area contributed by atoms with E-state index in [1.165, 1.54) is 0 Å². The Morgan fingerprint density at radius 3 is 2.58 bits per heavy atom. The van der Waals surface area contributed by atoms with Gasteiger partial charge in [0.15, 0.2) is 0 Å². The molecule has 0 amide bonds. The second kappa shape index (κ2) is 4.78. The predicted molar refractivity (Wildman–Crippen MR) is 71.9 cm³/mol. The summed E-state index contributed by atoms with van der Waals surface area (Å²) in [6.45, 7) is 5.75. The van der Waals surface area contributed by atoms with Crippen molar-refractivity contribution in [2.45, 2.75) is 32.1 Å². The fourth-order valence-electron chi connectivity index (χ4n) is 2.42. The van der Waals surface area contributed by atoms with Gasteiger partial charge in [-0.2, -0.15) is 0 Å². The Morgan fingerprint density at radius 2 is 1.84 bits per heavy atom. The molecule has 100 valence electrons. The minimum Gasteiger partial charge on any atom is -0.420 e. The summed E-state index contributed by atoms with van der Waals surface area (Å²) in [6, 6.07) is 8.06. The van der Waals surface area contributed by atoms with Crippen molar-refractivity contribution >= 4 is 0 Å². The minimum atomic E-state index is -0.0494. The second-order valence-electron chi connectivity index (χ2n) is 5.40. The number of aromatic nitrogens is 2. The summed E-state index contributed by atoms with van der Waals surface area (Å²) in [4.78, 5) is 0. The Labute approximate surface area is 112 Å². The Hall–Kier alpha value is -1.68. The highest BCUT2D eigenvalue weighted by molar-refractivity contribution is 5.57. The van der Waals surface area contributed by atoms with Gasteiger partial charge in [0, 0.05) is 18.8 Å². The first kappa shape index (κ1) is 12.4. The Balaban J connectivity index is 1.93. The maximum absolute atomic E-state index is 5.92. The van der Waals surface area contributed by atoms with Crippen LogP contribution in [0, 0.1) is 6.92 Å². The van der Waals surface area contributed by atoms with Gasteiger partial charge in [0.1, 0.15) is 0 Å². The van der Waals surface area contributed by atoms with E-state index in [9.17, 15) is 0 Å². The number of nitrogens with zero attached hydrogens (tertiary/aromatic N) is 2. The van der Waals surface area contributed by atoms with Crippen LogP contribution in [0.15, 0.2) is 28.7 Å². The summed E-state index contributed by atoms with van der Waals surface area (Å²) in [5.41, 5.74) is 2.11. The van der Waals surface area contributed by atoms with Gasteiger partial charge in [-0.1, -0.05) is 25.1 Å². The van der Waals surface area contributed by atoms with Crippen LogP contribution >= 0.6 is 0 Å². The van der Waals surface area contributed by atoms with Gasteiger partial charge in [0.05, 0.1) is 5.41 Å². The zero-order valence-corrected chi connectivity index (χ0v) is 11.3. The molecule has 0 atom stereocenters. The van der Waals surface area contributed by atoms with E-state index in [1.54, 1.807) is 0 Å². The lowest BCUT2D eigenvalue weighted by atomic mass is 9.82. The van der Waals surface area contributed by atoms with Gasteiger partial charge in [0.25, 0.3) is 0 Å². The molecule has 1 aliphatic rings. The molecule has 0 N–H and O–H groups in total. The molecule has 0 bridgehead atoms. The third-order valence-electron chi connectivity index (χ3n) is 3.91. The smallest absolute Gasteiger partial charge is 0.248 e. The van der Waals surface area contributed by atoms with Crippen molar-refractivity contribution in [3.8, 4) is 11.5 Å². The van der Waals surface area contributed by atoms with Crippen molar-refractivity contribution in [2.75, 3.05) is 13.2 Å². The molecule has 0 unspecified atom stereocenters. The van der Waals surface area contributed by atoms with Crippen molar-refractivity contribution in [3.63, 3.8) is 0 Å². The summed E-state index contributed by atoms with van der Waals surface area (Å²) < 4.78 is 11.3. The van der Waals surface area contributed by atoms with Crippen LogP contribution in [0.4, 0.5) is 0 Å². The minimum absolute atomic E-state index is 0.0494. The summed E-state index contributed by atoms with van der Waals surface area (Å²) >= 11 is 0. The molecular weight excluding hydrogens is 240 g/mol. The van der Waals surface area contributed by atoms with Crippen LogP contribution in [0.25, 0.3) is 11.5 Å². The fraction of sp³-hybridized carbons (Fsp3) is 0.467. The van der Waals surface area contributed by atoms with Crippen LogP contribution < -0.4 is 0 Å². The fourth-order valence-corrected chi connectivity index (χ4v) is 2.42. The number of hydrogen-bond acceptors (Lipinski definition) is 4. The zero-order chi connectivity index (χ0) is 13.3. The SMILES string of the molecule is Cc1ccccc1-c1nnc(C2(C)CCOCC2)o1. The molecule has 3 rings (SSSR count). The summed E-state index contributed by atoms with van der Waals surface area (Å²) in [5, 5.41) is 8.47. The van der Waals surface area contributed by atoms with Crippen molar-refractivity contribution in [2.24, 2.45) is 0 Å². The summed E-state index contributed by atoms with van der Waals surface area (Å²) in [7, 11) is 0. The number of ether oxygens (including phenoxy) is 1. The van der Waals surface area contributed by atoms with Crippen LogP contribution in [0.1, 0.15) is 31.2 Å². The molecular formula is C15H18N2O2. The third-order valence-corrected chi connectivity index (χ3v) is 3.91. The highest BCUT2D eigenvalue weighted by atomic mass is 16.5. The van der Waals surface area contributed by atoms with Gasteiger partial charge in [-0.25, -0.2) is 0 Å². The van der Waals surface area contributed by atoms with Gasteiger partial charge in [0.2, 0.25) is 11.8 Å². The molecule has 19 heavy (non-hydrogen) atoms. The third kappa shape index (κ3) is 2.28. The Kier molecular flexibility index (Phi) is 3.11. The van der Waals surface area contributed by atoms with E-state index in [1.807, 2.05) is 18.2 Å². The van der Waals surface area contributed by atoms with Gasteiger partial charge < -0.3 is 9.15 Å². The number of benzene rings is 1. The van der Waals surface area contributed by atoms with Gasteiger partial charge >= 0.3 is 0 Å². The molecule has 2 aromatic rings. The molecule has 2 heterocycles. The molecule has 4 heteroatoms. The topological polar surface area (TPSA) is 48.2 Å². The number of aryl methyl sites for hydroxylation is 1. The molecule has 1 aliphatic heterocycles. The van der Waals surface area contributed by atoms with Crippen LogP contribution in [0.5, 0.6) is 0 Å². The van der Waals surface area contributed by atoms with Crippen LogP contribution in [-0.4, -0.2) is 23.4 Å². The van der Waals surface area contributed by atoms with Crippen LogP contribution in [-0.2, 0) is 10.2 Å². The van der Waals surface area contributed by atoms with E-state index >= 15 is 0 Å². The van der Waals surface area contributed by atoms with E-state index in [2.05, 4.69) is 30.1 Å². The molecule has 0 aliphatic carbocycles. The number of rotatable bonds is 2. The van der Waals surface area contributed by atoms with E-state index in [0.29, 0.717) is 5.89 Å². The standard InChI is InChI=1S/C15H18N2O2/c1-11-5-3-4-6-12(11)13-16-17-14(19-13)15(2)7-9-18-10-8-15/h3-6H,7-10H2,1-2H3. The lowest BCUT2D eigenvalue weighted by Gasteiger charge is -2.29. The average molecular weight is 258 g/mol. The van der Waals surface area contributed by atoms with Crippen molar-refractivity contribution < 1.29 is 9.15 Å². The highest BCUT2D eigenvalue weighted by Crippen LogP contribution is 2.34. The molecule has 0 spiro atoms. The zero-order valence-electron chi connectivity index (χ0n) is 11.3. The van der Waals surface area contributed by atoms with Gasteiger partial charge in [-0.3, -0.25) is 0 Å². The monoisotopic (exact) mass is 258 g/mol. The molecule has 1 aromatic carbocycles. The molecule has 1 saturated heterocycles. The van der Waals surface area contributed by atoms with E-state index in [-0.39, 0.29) is 5.41 Å². The lowest BCUT2D eigenvalue weighted by Crippen LogP contribution is -2.30. The van der Waals surface area contributed by atoms with Crippen molar-refractivity contribution in [1.29, 1.82) is 0 Å². The first-order valence-corrected chi connectivity index (χ1v) is 6.67. The molecule has 1 aromatic heterocycles. The largest absolute Gasteiger partial charge is 0.420 e. The maximum atomic E-state index is 5.92. The predicted octanol–water partition coefficient (Wildman–Crippen LogP) is 3.11. The molecule has 0 radical (unpaired) electrons. The van der Waals surface area contributed by atoms with Gasteiger partial charge in [-0.15, -0.1) is 10.2 Å². The Bertz CT molecular complexity index is 571. The van der Waals surface area contributed by atoms with E-state index < -0.39 is 0 Å². The van der Waals surface area contributed by atoms with E-state index in [4.69, 9.17) is 9.15 Å². The average Bonchev–Trinajstić information content (AvgIpc) is 2.90. The maximum Gasteiger partial charge on any atom is 0.248 e. The second-order valence-corrected chi connectivity index (χ2v) is 5.40. The van der Waals surface area contributed by atoms with Crippen LogP contribution in [0.3, 0.4) is 0 Å². The van der Waals surface area contributed by atoms with Crippen LogP contribution in [0.2, 0.25) is 0 Å². The molecule has 0 saturated carbocycles. The first-order valence-electron chi connectivity index (χ1n) is 6.67. The summed E-state index contributed by atoms with van der Waals surface area (Å²) in [6.07, 6.45) is 1.87.